The summed E-state index contributed by atoms with van der Waals surface area (Å²) < 4.78 is 0.869. The fourth-order valence-corrected chi connectivity index (χ4v) is 3.00. The van der Waals surface area contributed by atoms with E-state index in [2.05, 4.69) is 32.3 Å². The third-order valence-corrected chi connectivity index (χ3v) is 3.99. The predicted octanol–water partition coefficient (Wildman–Crippen LogP) is 4.38. The lowest BCUT2D eigenvalue weighted by Gasteiger charge is -2.09. The highest BCUT2D eigenvalue weighted by molar-refractivity contribution is 9.10. The Hall–Kier alpha value is -1.98. The van der Waals surface area contributed by atoms with Gasteiger partial charge >= 0.3 is 0 Å². The number of nitrogens with two attached hydrogens (primary N) is 1. The molecule has 0 saturated carbocycles. The first-order valence-corrected chi connectivity index (χ1v) is 7.55. The maximum atomic E-state index is 5.65. The van der Waals surface area contributed by atoms with Crippen molar-refractivity contribution in [3.63, 3.8) is 0 Å². The standard InChI is InChI=1S/C16H12BrN3S/c17-14-8-11(5-6-13(14)16(18)21)20-12-7-10-3-1-2-4-15(10)19-9-12/h1-9,20H,(H2,18,21). The van der Waals surface area contributed by atoms with Crippen LogP contribution in [0.25, 0.3) is 10.9 Å². The summed E-state index contributed by atoms with van der Waals surface area (Å²) in [6.45, 7) is 0. The minimum absolute atomic E-state index is 0.376. The maximum Gasteiger partial charge on any atom is 0.105 e. The van der Waals surface area contributed by atoms with Gasteiger partial charge in [-0.3, -0.25) is 4.98 Å². The van der Waals surface area contributed by atoms with Gasteiger partial charge in [-0.25, -0.2) is 0 Å². The van der Waals surface area contributed by atoms with Gasteiger partial charge in [-0.1, -0.05) is 30.4 Å². The molecule has 0 amide bonds. The summed E-state index contributed by atoms with van der Waals surface area (Å²) in [6, 6.07) is 15.9. The second kappa shape index (κ2) is 5.79. The van der Waals surface area contributed by atoms with Gasteiger partial charge in [-0.15, -0.1) is 0 Å². The normalized spacial score (nSPS) is 10.5. The van der Waals surface area contributed by atoms with Crippen molar-refractivity contribution in [2.75, 3.05) is 5.32 Å². The number of anilines is 2. The summed E-state index contributed by atoms with van der Waals surface area (Å²) in [6.07, 6.45) is 1.82. The fraction of sp³-hybridized carbons (Fsp3) is 0. The van der Waals surface area contributed by atoms with E-state index in [1.165, 1.54) is 0 Å². The van der Waals surface area contributed by atoms with Crippen LogP contribution in [0.3, 0.4) is 0 Å². The maximum absolute atomic E-state index is 5.65. The Bertz CT molecular complexity index is 833. The molecule has 3 nitrogen and oxygen atoms in total. The number of fused-ring (bicyclic) bond motifs is 1. The molecular weight excluding hydrogens is 346 g/mol. The lowest BCUT2D eigenvalue weighted by molar-refractivity contribution is 1.39. The molecule has 2 aromatic carbocycles. The first-order valence-electron chi connectivity index (χ1n) is 6.34. The number of para-hydroxylation sites is 1. The molecule has 0 saturated heterocycles. The Morgan fingerprint density at radius 2 is 1.90 bits per heavy atom. The van der Waals surface area contributed by atoms with E-state index in [-0.39, 0.29) is 0 Å². The molecule has 0 unspecified atom stereocenters. The summed E-state index contributed by atoms with van der Waals surface area (Å²) >= 11 is 8.47. The van der Waals surface area contributed by atoms with Crippen molar-refractivity contribution in [1.29, 1.82) is 0 Å². The number of thiocarbonyl (C=S) groups is 1. The average Bonchev–Trinajstić information content (AvgIpc) is 2.47. The molecule has 1 aromatic heterocycles. The number of halogens is 1. The molecular formula is C16H12BrN3S. The van der Waals surface area contributed by atoms with E-state index < -0.39 is 0 Å². The Morgan fingerprint density at radius 3 is 2.67 bits per heavy atom. The third kappa shape index (κ3) is 3.04. The van der Waals surface area contributed by atoms with Gasteiger partial charge in [0.1, 0.15) is 4.99 Å². The predicted molar refractivity (Wildman–Crippen MR) is 95.1 cm³/mol. The molecule has 3 aromatic rings. The largest absolute Gasteiger partial charge is 0.389 e. The second-order valence-corrected chi connectivity index (χ2v) is 5.89. The quantitative estimate of drug-likeness (QED) is 0.683. The van der Waals surface area contributed by atoms with Crippen LogP contribution >= 0.6 is 28.1 Å². The molecule has 1 heterocycles. The van der Waals surface area contributed by atoms with Crippen molar-refractivity contribution in [2.24, 2.45) is 5.73 Å². The van der Waals surface area contributed by atoms with Gasteiger partial charge in [0.25, 0.3) is 0 Å². The average molecular weight is 358 g/mol. The van der Waals surface area contributed by atoms with Crippen molar-refractivity contribution < 1.29 is 0 Å². The molecule has 3 rings (SSSR count). The van der Waals surface area contributed by atoms with E-state index >= 15 is 0 Å². The van der Waals surface area contributed by atoms with Crippen molar-refractivity contribution in [3.05, 3.63) is 64.8 Å². The van der Waals surface area contributed by atoms with Crippen LogP contribution in [0.4, 0.5) is 11.4 Å². The SMILES string of the molecule is NC(=S)c1ccc(Nc2cnc3ccccc3c2)cc1Br. The number of aromatic nitrogens is 1. The zero-order valence-corrected chi connectivity index (χ0v) is 13.4. The zero-order chi connectivity index (χ0) is 14.8. The summed E-state index contributed by atoms with van der Waals surface area (Å²) in [5.41, 5.74) is 9.33. The van der Waals surface area contributed by atoms with E-state index in [9.17, 15) is 0 Å². The Labute approximate surface area is 136 Å². The van der Waals surface area contributed by atoms with Gasteiger partial charge < -0.3 is 11.1 Å². The van der Waals surface area contributed by atoms with E-state index in [0.717, 1.165) is 32.3 Å². The number of hydrogen-bond acceptors (Lipinski definition) is 3. The minimum atomic E-state index is 0.376. The van der Waals surface area contributed by atoms with Crippen LogP contribution in [0.5, 0.6) is 0 Å². The fourth-order valence-electron chi connectivity index (χ4n) is 2.10. The molecule has 21 heavy (non-hydrogen) atoms. The summed E-state index contributed by atoms with van der Waals surface area (Å²) in [5, 5.41) is 4.42. The molecule has 104 valence electrons. The van der Waals surface area contributed by atoms with Crippen LogP contribution < -0.4 is 11.1 Å². The van der Waals surface area contributed by atoms with Crippen molar-refractivity contribution in [1.82, 2.24) is 4.98 Å². The minimum Gasteiger partial charge on any atom is -0.389 e. The van der Waals surface area contributed by atoms with Crippen LogP contribution in [0.15, 0.2) is 59.2 Å². The Balaban J connectivity index is 1.91. The van der Waals surface area contributed by atoms with Gasteiger partial charge in [-0.05, 0) is 46.3 Å². The molecule has 0 atom stereocenters. The summed E-state index contributed by atoms with van der Waals surface area (Å²) in [4.78, 5) is 4.81. The number of rotatable bonds is 3. The van der Waals surface area contributed by atoms with Crippen LogP contribution in [0, 0.1) is 0 Å². The van der Waals surface area contributed by atoms with Gasteiger partial charge in [0, 0.05) is 21.1 Å². The summed E-state index contributed by atoms with van der Waals surface area (Å²) in [5.74, 6) is 0. The molecule has 0 aliphatic rings. The topological polar surface area (TPSA) is 50.9 Å². The zero-order valence-electron chi connectivity index (χ0n) is 11.0. The smallest absolute Gasteiger partial charge is 0.105 e. The van der Waals surface area contributed by atoms with Crippen molar-refractivity contribution >= 4 is 55.4 Å². The molecule has 0 spiro atoms. The highest BCUT2D eigenvalue weighted by Crippen LogP contribution is 2.25. The molecule has 0 fully saturated rings. The lowest BCUT2D eigenvalue weighted by Crippen LogP contribution is -2.10. The monoisotopic (exact) mass is 357 g/mol. The number of pyridine rings is 1. The van der Waals surface area contributed by atoms with Crippen molar-refractivity contribution in [3.8, 4) is 0 Å². The van der Waals surface area contributed by atoms with Crippen LogP contribution in [0.1, 0.15) is 5.56 Å². The highest BCUT2D eigenvalue weighted by atomic mass is 79.9. The van der Waals surface area contributed by atoms with Gasteiger partial charge in [-0.2, -0.15) is 0 Å². The number of nitrogens with one attached hydrogen (secondary N) is 1. The molecule has 3 N–H and O–H groups in total. The molecule has 0 aliphatic carbocycles. The highest BCUT2D eigenvalue weighted by Gasteiger charge is 2.04. The molecule has 5 heteroatoms. The molecule has 0 radical (unpaired) electrons. The van der Waals surface area contributed by atoms with Gasteiger partial charge in [0.05, 0.1) is 17.4 Å². The van der Waals surface area contributed by atoms with E-state index in [1.54, 1.807) is 0 Å². The van der Waals surface area contributed by atoms with Crippen LogP contribution in [-0.2, 0) is 0 Å². The van der Waals surface area contributed by atoms with Gasteiger partial charge in [0.2, 0.25) is 0 Å². The van der Waals surface area contributed by atoms with E-state index in [4.69, 9.17) is 18.0 Å². The second-order valence-electron chi connectivity index (χ2n) is 4.60. The number of hydrogen-bond donors (Lipinski definition) is 2. The Kier molecular flexibility index (Phi) is 3.86. The Morgan fingerprint density at radius 1 is 1.10 bits per heavy atom. The number of benzene rings is 2. The van der Waals surface area contributed by atoms with Crippen LogP contribution in [0.2, 0.25) is 0 Å². The van der Waals surface area contributed by atoms with Gasteiger partial charge in [0.15, 0.2) is 0 Å². The summed E-state index contributed by atoms with van der Waals surface area (Å²) in [7, 11) is 0. The lowest BCUT2D eigenvalue weighted by atomic mass is 10.2. The first kappa shape index (κ1) is 14.0. The number of nitrogens with zero attached hydrogens (tertiary/aromatic N) is 1. The van der Waals surface area contributed by atoms with E-state index in [0.29, 0.717) is 4.99 Å². The van der Waals surface area contributed by atoms with Crippen molar-refractivity contribution in [2.45, 2.75) is 0 Å². The van der Waals surface area contributed by atoms with Crippen LogP contribution in [-0.4, -0.2) is 9.97 Å². The van der Waals surface area contributed by atoms with E-state index in [1.807, 2.05) is 48.7 Å². The first-order chi connectivity index (χ1) is 10.1. The molecule has 0 aliphatic heterocycles. The molecule has 0 bridgehead atoms. The third-order valence-electron chi connectivity index (χ3n) is 3.11.